The molecule has 1 aliphatic carbocycles. The molecule has 1 aromatic carbocycles. The number of nitrogen functional groups attached to an aromatic ring is 1. The Morgan fingerprint density at radius 1 is 1.24 bits per heavy atom. The number of rotatable bonds is 1. The first-order valence-corrected chi connectivity index (χ1v) is 7.78. The minimum atomic E-state index is -0.0950. The van der Waals surface area contributed by atoms with Gasteiger partial charge in [-0.3, -0.25) is 9.78 Å². The van der Waals surface area contributed by atoms with Crippen LogP contribution in [-0.4, -0.2) is 22.6 Å². The van der Waals surface area contributed by atoms with Crippen molar-refractivity contribution in [1.29, 1.82) is 0 Å². The number of hydrogen-bond acceptors (Lipinski definition) is 4. The zero-order chi connectivity index (χ0) is 14.4. The molecule has 2 aromatic rings. The predicted octanol–water partition coefficient (Wildman–Crippen LogP) is 2.27. The molecule has 1 saturated heterocycles. The van der Waals surface area contributed by atoms with E-state index in [0.717, 1.165) is 23.9 Å². The van der Waals surface area contributed by atoms with Crippen LogP contribution in [0.1, 0.15) is 32.1 Å². The van der Waals surface area contributed by atoms with E-state index in [9.17, 15) is 4.79 Å². The maximum atomic E-state index is 12.3. The average Bonchev–Trinajstić information content (AvgIpc) is 2.96. The van der Waals surface area contributed by atoms with Crippen LogP contribution in [0.15, 0.2) is 23.0 Å². The Balaban J connectivity index is 1.79. The van der Waals surface area contributed by atoms with Gasteiger partial charge in [-0.1, -0.05) is 6.42 Å². The lowest BCUT2D eigenvalue weighted by Crippen LogP contribution is -2.44. The van der Waals surface area contributed by atoms with E-state index >= 15 is 0 Å². The summed E-state index contributed by atoms with van der Waals surface area (Å²) in [6.45, 7) is 0.991. The van der Waals surface area contributed by atoms with Crippen molar-refractivity contribution in [1.82, 2.24) is 9.97 Å². The van der Waals surface area contributed by atoms with Gasteiger partial charge in [0.05, 0.1) is 10.9 Å². The SMILES string of the molecule is Nc1ccc2nc(N3CCCC4CCCC43)[nH]c(=O)c2c1. The molecule has 2 aliphatic rings. The van der Waals surface area contributed by atoms with Gasteiger partial charge in [-0.05, 0) is 49.8 Å². The molecule has 2 atom stereocenters. The maximum Gasteiger partial charge on any atom is 0.260 e. The van der Waals surface area contributed by atoms with Crippen LogP contribution in [-0.2, 0) is 0 Å². The van der Waals surface area contributed by atoms with Crippen molar-refractivity contribution in [2.45, 2.75) is 38.1 Å². The molecule has 21 heavy (non-hydrogen) atoms. The van der Waals surface area contributed by atoms with E-state index in [0.29, 0.717) is 17.1 Å². The van der Waals surface area contributed by atoms with Gasteiger partial charge in [0.25, 0.3) is 5.56 Å². The summed E-state index contributed by atoms with van der Waals surface area (Å²) < 4.78 is 0. The number of nitrogens with two attached hydrogens (primary N) is 1. The van der Waals surface area contributed by atoms with Crippen molar-refractivity contribution in [2.75, 3.05) is 17.2 Å². The molecule has 110 valence electrons. The fourth-order valence-electron chi connectivity index (χ4n) is 4.00. The largest absolute Gasteiger partial charge is 0.399 e. The highest BCUT2D eigenvalue weighted by Crippen LogP contribution is 2.38. The van der Waals surface area contributed by atoms with Gasteiger partial charge >= 0.3 is 0 Å². The third-order valence-electron chi connectivity index (χ3n) is 4.98. The summed E-state index contributed by atoms with van der Waals surface area (Å²) in [4.78, 5) is 22.3. The third kappa shape index (κ3) is 2.07. The van der Waals surface area contributed by atoms with Gasteiger partial charge in [0.2, 0.25) is 5.95 Å². The fraction of sp³-hybridized carbons (Fsp3) is 0.500. The molecule has 0 bridgehead atoms. The Morgan fingerprint density at radius 2 is 2.10 bits per heavy atom. The second-order valence-corrected chi connectivity index (χ2v) is 6.26. The van der Waals surface area contributed by atoms with E-state index in [1.807, 2.05) is 6.07 Å². The monoisotopic (exact) mass is 284 g/mol. The normalized spacial score (nSPS) is 25.2. The number of nitrogens with one attached hydrogen (secondary N) is 1. The van der Waals surface area contributed by atoms with E-state index in [1.54, 1.807) is 12.1 Å². The van der Waals surface area contributed by atoms with E-state index in [-0.39, 0.29) is 5.56 Å². The molecule has 3 N–H and O–H groups in total. The van der Waals surface area contributed by atoms with Crippen molar-refractivity contribution in [3.8, 4) is 0 Å². The number of H-pyrrole nitrogens is 1. The first-order valence-electron chi connectivity index (χ1n) is 7.78. The summed E-state index contributed by atoms with van der Waals surface area (Å²) >= 11 is 0. The Kier molecular flexibility index (Phi) is 2.87. The first-order chi connectivity index (χ1) is 10.2. The van der Waals surface area contributed by atoms with E-state index in [4.69, 9.17) is 5.73 Å². The number of fused-ring (bicyclic) bond motifs is 2. The number of aromatic nitrogens is 2. The van der Waals surface area contributed by atoms with Crippen LogP contribution in [0, 0.1) is 5.92 Å². The lowest BCUT2D eigenvalue weighted by molar-refractivity contribution is 0.358. The zero-order valence-corrected chi connectivity index (χ0v) is 12.0. The smallest absolute Gasteiger partial charge is 0.260 e. The molecule has 1 aliphatic heterocycles. The van der Waals surface area contributed by atoms with Crippen molar-refractivity contribution < 1.29 is 0 Å². The summed E-state index contributed by atoms with van der Waals surface area (Å²) in [6.07, 6.45) is 6.32. The summed E-state index contributed by atoms with van der Waals surface area (Å²) in [5.74, 6) is 1.50. The summed E-state index contributed by atoms with van der Waals surface area (Å²) in [5.41, 5.74) is 6.98. The van der Waals surface area contributed by atoms with Crippen LogP contribution in [0.4, 0.5) is 11.6 Å². The molecule has 2 unspecified atom stereocenters. The Hall–Kier alpha value is -2.04. The second-order valence-electron chi connectivity index (χ2n) is 6.26. The van der Waals surface area contributed by atoms with Crippen molar-refractivity contribution >= 4 is 22.5 Å². The van der Waals surface area contributed by atoms with Gasteiger partial charge in [0.15, 0.2) is 0 Å². The number of piperidine rings is 1. The molecular formula is C16H20N4O. The highest BCUT2D eigenvalue weighted by molar-refractivity contribution is 5.81. The third-order valence-corrected chi connectivity index (χ3v) is 4.98. The molecule has 4 rings (SSSR count). The minimum Gasteiger partial charge on any atom is -0.399 e. The van der Waals surface area contributed by atoms with Gasteiger partial charge in [0, 0.05) is 18.3 Å². The molecule has 2 heterocycles. The number of hydrogen-bond donors (Lipinski definition) is 2. The van der Waals surface area contributed by atoms with Gasteiger partial charge < -0.3 is 10.6 Å². The predicted molar refractivity (Wildman–Crippen MR) is 84.5 cm³/mol. The van der Waals surface area contributed by atoms with Crippen LogP contribution in [0.2, 0.25) is 0 Å². The standard InChI is InChI=1S/C16H20N4O/c17-11-6-7-13-12(9-11)15(21)19-16(18-13)20-8-2-4-10-3-1-5-14(10)20/h6-7,9-10,14H,1-5,8,17H2,(H,18,19,21). The van der Waals surface area contributed by atoms with E-state index in [2.05, 4.69) is 14.9 Å². The highest BCUT2D eigenvalue weighted by Gasteiger charge is 2.36. The Bertz CT molecular complexity index is 739. The van der Waals surface area contributed by atoms with Crippen LogP contribution in [0.3, 0.4) is 0 Å². The van der Waals surface area contributed by atoms with Gasteiger partial charge in [-0.25, -0.2) is 4.98 Å². The van der Waals surface area contributed by atoms with Crippen LogP contribution >= 0.6 is 0 Å². The van der Waals surface area contributed by atoms with E-state index < -0.39 is 0 Å². The topological polar surface area (TPSA) is 75.0 Å². The molecule has 5 nitrogen and oxygen atoms in total. The van der Waals surface area contributed by atoms with Crippen LogP contribution < -0.4 is 16.2 Å². The van der Waals surface area contributed by atoms with Crippen molar-refractivity contribution in [2.24, 2.45) is 5.92 Å². The van der Waals surface area contributed by atoms with Crippen LogP contribution in [0.5, 0.6) is 0 Å². The number of benzene rings is 1. The summed E-state index contributed by atoms with van der Waals surface area (Å²) in [7, 11) is 0. The second kappa shape index (κ2) is 4.76. The lowest BCUT2D eigenvalue weighted by atomic mass is 9.92. The lowest BCUT2D eigenvalue weighted by Gasteiger charge is -2.38. The number of anilines is 2. The van der Waals surface area contributed by atoms with Crippen molar-refractivity contribution in [3.05, 3.63) is 28.6 Å². The molecule has 1 saturated carbocycles. The molecule has 0 amide bonds. The molecule has 2 fully saturated rings. The van der Waals surface area contributed by atoms with E-state index in [1.165, 1.54) is 32.1 Å². The van der Waals surface area contributed by atoms with Gasteiger partial charge in [-0.2, -0.15) is 0 Å². The first kappa shape index (κ1) is 12.7. The average molecular weight is 284 g/mol. The Morgan fingerprint density at radius 3 is 3.00 bits per heavy atom. The quantitative estimate of drug-likeness (QED) is 0.788. The zero-order valence-electron chi connectivity index (χ0n) is 12.0. The van der Waals surface area contributed by atoms with Crippen LogP contribution in [0.25, 0.3) is 10.9 Å². The minimum absolute atomic E-state index is 0.0950. The molecule has 1 aromatic heterocycles. The van der Waals surface area contributed by atoms with Gasteiger partial charge in [0.1, 0.15) is 0 Å². The van der Waals surface area contributed by atoms with Gasteiger partial charge in [-0.15, -0.1) is 0 Å². The summed E-state index contributed by atoms with van der Waals surface area (Å²) in [5, 5.41) is 0.568. The maximum absolute atomic E-state index is 12.3. The summed E-state index contributed by atoms with van der Waals surface area (Å²) in [6, 6.07) is 5.87. The fourth-order valence-corrected chi connectivity index (χ4v) is 4.00. The highest BCUT2D eigenvalue weighted by atomic mass is 16.1. The molecule has 5 heteroatoms. The number of nitrogens with zero attached hydrogens (tertiary/aromatic N) is 2. The molecule has 0 radical (unpaired) electrons. The molecule has 0 spiro atoms. The number of aromatic amines is 1. The Labute approximate surface area is 123 Å². The molecular weight excluding hydrogens is 264 g/mol. The van der Waals surface area contributed by atoms with Crippen molar-refractivity contribution in [3.63, 3.8) is 0 Å².